The maximum Gasteiger partial charge on any atom is 0.311 e. The number of benzene rings is 1. The van der Waals surface area contributed by atoms with Gasteiger partial charge in [-0.3, -0.25) is 4.79 Å². The van der Waals surface area contributed by atoms with E-state index in [1.165, 1.54) is 57.8 Å². The zero-order valence-electron chi connectivity index (χ0n) is 19.6. The summed E-state index contributed by atoms with van der Waals surface area (Å²) in [5, 5.41) is 13.6. The smallest absolute Gasteiger partial charge is 0.311 e. The van der Waals surface area contributed by atoms with E-state index in [4.69, 9.17) is 4.74 Å². The second kappa shape index (κ2) is 12.3. The van der Waals surface area contributed by atoms with E-state index in [9.17, 15) is 4.79 Å². The Balaban J connectivity index is 1.34. The van der Waals surface area contributed by atoms with Crippen molar-refractivity contribution in [1.29, 1.82) is 0 Å². The predicted octanol–water partition coefficient (Wildman–Crippen LogP) is 5.84. The molecular weight excluding hydrogens is 400 g/mol. The molecule has 0 saturated heterocycles. The van der Waals surface area contributed by atoms with E-state index in [-0.39, 0.29) is 5.97 Å². The molecule has 6 heteroatoms. The van der Waals surface area contributed by atoms with Gasteiger partial charge >= 0.3 is 5.97 Å². The molecule has 0 N–H and O–H groups in total. The minimum Gasteiger partial charge on any atom is -0.427 e. The fourth-order valence-electron chi connectivity index (χ4n) is 3.90. The summed E-state index contributed by atoms with van der Waals surface area (Å²) >= 11 is 0. The number of carbonyl (C=O) groups is 1. The van der Waals surface area contributed by atoms with Gasteiger partial charge in [0.15, 0.2) is 11.5 Å². The van der Waals surface area contributed by atoms with E-state index < -0.39 is 0 Å². The van der Waals surface area contributed by atoms with Gasteiger partial charge in [-0.1, -0.05) is 77.7 Å². The highest BCUT2D eigenvalue weighted by molar-refractivity contribution is 5.72. The van der Waals surface area contributed by atoms with Crippen LogP contribution in [0.1, 0.15) is 89.7 Å². The Labute approximate surface area is 191 Å². The molecule has 2 aromatic heterocycles. The summed E-state index contributed by atoms with van der Waals surface area (Å²) in [6, 6.07) is 7.31. The number of aromatic nitrogens is 4. The number of hydrogen-bond donors (Lipinski definition) is 0. The first kappa shape index (κ1) is 23.9. The third-order valence-electron chi connectivity index (χ3n) is 5.93. The number of aryl methyl sites for hydroxylation is 1. The number of esters is 1. The predicted molar refractivity (Wildman–Crippen MR) is 128 cm³/mol. The highest BCUT2D eigenvalue weighted by Gasteiger charge is 2.13. The Morgan fingerprint density at radius 1 is 0.906 bits per heavy atom. The lowest BCUT2D eigenvalue weighted by Gasteiger charge is -2.05. The van der Waals surface area contributed by atoms with Gasteiger partial charge in [0.2, 0.25) is 0 Å². The van der Waals surface area contributed by atoms with Crippen LogP contribution in [0.3, 0.4) is 0 Å². The largest absolute Gasteiger partial charge is 0.427 e. The average molecular weight is 437 g/mol. The van der Waals surface area contributed by atoms with Gasteiger partial charge in [0.1, 0.15) is 5.75 Å². The number of unbranched alkanes of at least 4 members (excludes halogenated alkanes) is 10. The molecular formula is C26H36N4O2. The normalized spacial score (nSPS) is 11.3. The molecule has 0 amide bonds. The molecule has 1 aromatic carbocycles. The van der Waals surface area contributed by atoms with Crippen LogP contribution in [-0.4, -0.2) is 25.8 Å². The van der Waals surface area contributed by atoms with Crippen molar-refractivity contribution in [2.24, 2.45) is 0 Å². The number of ether oxygens (including phenoxy) is 1. The molecule has 0 aliphatic rings. The average Bonchev–Trinajstić information content (AvgIpc) is 3.32. The first-order valence-electron chi connectivity index (χ1n) is 12.1. The zero-order chi connectivity index (χ0) is 22.8. The van der Waals surface area contributed by atoms with E-state index in [0.29, 0.717) is 23.6 Å². The first-order chi connectivity index (χ1) is 15.6. The molecule has 0 saturated carbocycles. The van der Waals surface area contributed by atoms with Crippen LogP contribution in [0.4, 0.5) is 0 Å². The lowest BCUT2D eigenvalue weighted by molar-refractivity contribution is -0.134. The molecule has 3 rings (SSSR count). The van der Waals surface area contributed by atoms with Crippen LogP contribution >= 0.6 is 0 Å². The van der Waals surface area contributed by atoms with Gasteiger partial charge in [-0.15, -0.1) is 10.2 Å². The maximum absolute atomic E-state index is 12.1. The van der Waals surface area contributed by atoms with Gasteiger partial charge in [0.05, 0.1) is 5.69 Å². The quantitative estimate of drug-likeness (QED) is 0.180. The molecule has 0 unspecified atom stereocenters. The molecule has 6 nitrogen and oxygen atoms in total. The highest BCUT2D eigenvalue weighted by Crippen LogP contribution is 2.21. The Kier molecular flexibility index (Phi) is 9.20. The van der Waals surface area contributed by atoms with Gasteiger partial charge in [-0.05, 0) is 37.6 Å². The number of carbonyl (C=O) groups excluding carboxylic acids is 1. The minimum absolute atomic E-state index is 0.173. The van der Waals surface area contributed by atoms with Crippen molar-refractivity contribution in [3.05, 3.63) is 35.2 Å². The summed E-state index contributed by atoms with van der Waals surface area (Å²) in [6.07, 6.45) is 14.4. The van der Waals surface area contributed by atoms with Crippen molar-refractivity contribution in [3.8, 4) is 17.1 Å². The van der Waals surface area contributed by atoms with Crippen LogP contribution in [0.2, 0.25) is 0 Å². The van der Waals surface area contributed by atoms with Gasteiger partial charge in [-0.25, -0.2) is 0 Å². The monoisotopic (exact) mass is 436 g/mol. The van der Waals surface area contributed by atoms with Gasteiger partial charge in [0, 0.05) is 17.2 Å². The summed E-state index contributed by atoms with van der Waals surface area (Å²) in [5.74, 6) is 1.03. The van der Waals surface area contributed by atoms with Crippen LogP contribution < -0.4 is 9.96 Å². The Bertz CT molecular complexity index is 1030. The van der Waals surface area contributed by atoms with Gasteiger partial charge < -0.3 is 4.74 Å². The molecule has 0 spiro atoms. The summed E-state index contributed by atoms with van der Waals surface area (Å²) in [4.78, 5) is 12.1. The third kappa shape index (κ3) is 6.62. The van der Waals surface area contributed by atoms with Crippen molar-refractivity contribution in [2.75, 3.05) is 0 Å². The van der Waals surface area contributed by atoms with E-state index in [1.807, 2.05) is 19.1 Å². The van der Waals surface area contributed by atoms with Crippen LogP contribution in [0, 0.1) is 6.92 Å². The minimum atomic E-state index is -0.173. The standard InChI is InChI=1S/C26H36N4O2/c1-4-5-6-7-8-9-10-11-12-13-14-15-24(31)32-23-18-16-22(17-19-23)26-28-27-25-20(2)21(3)29-30(25)26/h16-19H,2,4-15H2,1,3H3. The van der Waals surface area contributed by atoms with Crippen LogP contribution in [0.5, 0.6) is 5.75 Å². The number of fused-ring (bicyclic) bond motifs is 1. The van der Waals surface area contributed by atoms with Crippen molar-refractivity contribution in [2.45, 2.75) is 90.9 Å². The number of nitrogens with zero attached hydrogens (tertiary/aromatic N) is 4. The topological polar surface area (TPSA) is 69.4 Å². The Morgan fingerprint density at radius 3 is 2.12 bits per heavy atom. The molecule has 0 fully saturated rings. The van der Waals surface area contributed by atoms with Crippen LogP contribution in [0.25, 0.3) is 23.6 Å². The summed E-state index contributed by atoms with van der Waals surface area (Å²) in [6.45, 7) is 8.14. The van der Waals surface area contributed by atoms with E-state index >= 15 is 0 Å². The second-order valence-electron chi connectivity index (χ2n) is 8.61. The molecule has 0 bridgehead atoms. The Hall–Kier alpha value is -2.76. The second-order valence-corrected chi connectivity index (χ2v) is 8.61. The summed E-state index contributed by atoms with van der Waals surface area (Å²) in [7, 11) is 0. The molecule has 172 valence electrons. The molecule has 0 aliphatic carbocycles. The van der Waals surface area contributed by atoms with Gasteiger partial charge in [-0.2, -0.15) is 9.61 Å². The number of hydrogen-bond acceptors (Lipinski definition) is 5. The zero-order valence-corrected chi connectivity index (χ0v) is 19.6. The van der Waals surface area contributed by atoms with Crippen LogP contribution in [0.15, 0.2) is 24.3 Å². The number of rotatable bonds is 14. The lowest BCUT2D eigenvalue weighted by Crippen LogP contribution is -2.07. The highest BCUT2D eigenvalue weighted by atomic mass is 16.5. The third-order valence-corrected chi connectivity index (χ3v) is 5.93. The molecule has 32 heavy (non-hydrogen) atoms. The van der Waals surface area contributed by atoms with Crippen LogP contribution in [-0.2, 0) is 4.79 Å². The molecule has 0 aliphatic heterocycles. The van der Waals surface area contributed by atoms with Crippen molar-refractivity contribution < 1.29 is 9.53 Å². The van der Waals surface area contributed by atoms with Crippen molar-refractivity contribution >= 4 is 18.2 Å². The van der Waals surface area contributed by atoms with Crippen molar-refractivity contribution in [1.82, 2.24) is 19.8 Å². The maximum atomic E-state index is 12.1. The van der Waals surface area contributed by atoms with E-state index in [0.717, 1.165) is 29.3 Å². The van der Waals surface area contributed by atoms with Crippen molar-refractivity contribution in [3.63, 3.8) is 0 Å². The first-order valence-corrected chi connectivity index (χ1v) is 12.1. The molecule has 3 aromatic rings. The molecule has 0 atom stereocenters. The summed E-state index contributed by atoms with van der Waals surface area (Å²) in [5.41, 5.74) is 2.37. The Morgan fingerprint density at radius 2 is 1.50 bits per heavy atom. The fourth-order valence-corrected chi connectivity index (χ4v) is 3.90. The molecule has 0 radical (unpaired) electrons. The SMILES string of the molecule is C=c1c(C)nn2c(-c3ccc(OC(=O)CCCCCCCCCCCCC)cc3)nnc12. The lowest BCUT2D eigenvalue weighted by atomic mass is 10.1. The fraction of sp³-hybridized carbons (Fsp3) is 0.538. The van der Waals surface area contributed by atoms with E-state index in [1.54, 1.807) is 16.6 Å². The van der Waals surface area contributed by atoms with E-state index in [2.05, 4.69) is 28.8 Å². The summed E-state index contributed by atoms with van der Waals surface area (Å²) < 4.78 is 7.18. The van der Waals surface area contributed by atoms with Gasteiger partial charge in [0.25, 0.3) is 0 Å². The molecule has 2 heterocycles.